The molecular formula is C14H17F2NO2. The van der Waals surface area contributed by atoms with Crippen LogP contribution in [-0.2, 0) is 4.79 Å². The van der Waals surface area contributed by atoms with Crippen LogP contribution in [0.5, 0.6) is 5.75 Å². The second-order valence-electron chi connectivity index (χ2n) is 4.99. The van der Waals surface area contributed by atoms with Crippen molar-refractivity contribution in [1.82, 2.24) is 4.90 Å². The molecular weight excluding hydrogens is 252 g/mol. The van der Waals surface area contributed by atoms with Gasteiger partial charge in [-0.1, -0.05) is 0 Å². The van der Waals surface area contributed by atoms with Gasteiger partial charge < -0.3 is 9.64 Å². The lowest BCUT2D eigenvalue weighted by molar-refractivity contribution is -0.135. The van der Waals surface area contributed by atoms with Gasteiger partial charge in [0.05, 0.1) is 0 Å². The van der Waals surface area contributed by atoms with Gasteiger partial charge in [-0.15, -0.1) is 0 Å². The minimum Gasteiger partial charge on any atom is -0.481 e. The smallest absolute Gasteiger partial charge is 0.260 e. The average molecular weight is 269 g/mol. The lowest BCUT2D eigenvalue weighted by Crippen LogP contribution is -2.41. The summed E-state index contributed by atoms with van der Waals surface area (Å²) in [5.41, 5.74) is 0. The summed E-state index contributed by atoms with van der Waals surface area (Å²) in [6.07, 6.45) is 2.02. The molecule has 19 heavy (non-hydrogen) atoms. The predicted molar refractivity (Wildman–Crippen MR) is 66.9 cm³/mol. The van der Waals surface area contributed by atoms with Crippen molar-refractivity contribution in [2.24, 2.45) is 0 Å². The van der Waals surface area contributed by atoms with E-state index in [2.05, 4.69) is 0 Å². The summed E-state index contributed by atoms with van der Waals surface area (Å²) < 4.78 is 31.2. The summed E-state index contributed by atoms with van der Waals surface area (Å²) >= 11 is 0. The first-order chi connectivity index (χ1) is 8.99. The third kappa shape index (κ3) is 3.43. The molecule has 0 bridgehead atoms. The number of halogens is 2. The Bertz CT molecular complexity index is 471. The topological polar surface area (TPSA) is 29.5 Å². The molecule has 0 spiro atoms. The summed E-state index contributed by atoms with van der Waals surface area (Å²) in [7, 11) is 0. The van der Waals surface area contributed by atoms with Gasteiger partial charge in [-0.3, -0.25) is 4.79 Å². The Kier molecular flexibility index (Phi) is 4.02. The highest BCUT2D eigenvalue weighted by molar-refractivity contribution is 5.78. The summed E-state index contributed by atoms with van der Waals surface area (Å²) in [6.45, 7) is 3.65. The molecule has 0 saturated heterocycles. The number of benzene rings is 1. The first-order valence-corrected chi connectivity index (χ1v) is 6.38. The molecule has 1 aromatic carbocycles. The first-order valence-electron chi connectivity index (χ1n) is 6.38. The Morgan fingerprint density at radius 2 is 2.11 bits per heavy atom. The van der Waals surface area contributed by atoms with Crippen molar-refractivity contribution in [3.05, 3.63) is 29.8 Å². The van der Waals surface area contributed by atoms with Gasteiger partial charge in [0.25, 0.3) is 5.91 Å². The van der Waals surface area contributed by atoms with Crippen LogP contribution in [0.25, 0.3) is 0 Å². The van der Waals surface area contributed by atoms with Crippen LogP contribution in [0.2, 0.25) is 0 Å². The molecule has 0 aliphatic heterocycles. The van der Waals surface area contributed by atoms with Crippen LogP contribution in [0.15, 0.2) is 18.2 Å². The van der Waals surface area contributed by atoms with Crippen molar-refractivity contribution >= 4 is 5.91 Å². The zero-order valence-electron chi connectivity index (χ0n) is 11.0. The summed E-state index contributed by atoms with van der Waals surface area (Å²) in [6, 6.07) is 3.41. The number of nitrogens with zero attached hydrogens (tertiary/aromatic N) is 1. The van der Waals surface area contributed by atoms with Crippen molar-refractivity contribution in [2.45, 2.75) is 38.8 Å². The fourth-order valence-electron chi connectivity index (χ4n) is 2.07. The van der Waals surface area contributed by atoms with Gasteiger partial charge in [0, 0.05) is 18.2 Å². The maximum atomic E-state index is 13.3. The third-order valence-electron chi connectivity index (χ3n) is 3.03. The normalized spacial score (nSPS) is 14.6. The number of hydrogen-bond donors (Lipinski definition) is 0. The number of ether oxygens (including phenoxy) is 1. The van der Waals surface area contributed by atoms with Crippen LogP contribution in [0.3, 0.4) is 0 Å². The quantitative estimate of drug-likeness (QED) is 0.822. The molecule has 0 unspecified atom stereocenters. The molecule has 1 saturated carbocycles. The van der Waals surface area contributed by atoms with Gasteiger partial charge in [0.15, 0.2) is 18.2 Å². The minimum atomic E-state index is -0.796. The van der Waals surface area contributed by atoms with E-state index in [9.17, 15) is 13.6 Å². The lowest BCUT2D eigenvalue weighted by atomic mass is 10.3. The van der Waals surface area contributed by atoms with E-state index in [0.717, 1.165) is 25.0 Å². The molecule has 1 amide bonds. The number of carbonyl (C=O) groups is 1. The molecule has 0 aromatic heterocycles. The molecule has 1 aromatic rings. The van der Waals surface area contributed by atoms with Gasteiger partial charge in [-0.25, -0.2) is 8.78 Å². The first kappa shape index (κ1) is 13.8. The molecule has 0 atom stereocenters. The minimum absolute atomic E-state index is 0.0988. The van der Waals surface area contributed by atoms with E-state index in [1.807, 2.05) is 13.8 Å². The van der Waals surface area contributed by atoms with Crippen molar-refractivity contribution < 1.29 is 18.3 Å². The van der Waals surface area contributed by atoms with Crippen molar-refractivity contribution in [3.8, 4) is 5.75 Å². The lowest BCUT2D eigenvalue weighted by Gasteiger charge is -2.26. The highest BCUT2D eigenvalue weighted by Gasteiger charge is 2.34. The van der Waals surface area contributed by atoms with Crippen LogP contribution in [-0.4, -0.2) is 29.5 Å². The maximum Gasteiger partial charge on any atom is 0.260 e. The monoisotopic (exact) mass is 269 g/mol. The summed E-state index contributed by atoms with van der Waals surface area (Å²) in [5.74, 6) is -1.73. The Labute approximate surface area is 111 Å². The molecule has 0 N–H and O–H groups in total. The largest absolute Gasteiger partial charge is 0.481 e. The second-order valence-corrected chi connectivity index (χ2v) is 4.99. The van der Waals surface area contributed by atoms with Crippen LogP contribution < -0.4 is 4.74 Å². The van der Waals surface area contributed by atoms with E-state index in [1.165, 1.54) is 6.07 Å². The predicted octanol–water partition coefficient (Wildman–Crippen LogP) is 2.74. The number of carbonyl (C=O) groups excluding carboxylic acids is 1. The molecule has 5 heteroatoms. The fraction of sp³-hybridized carbons (Fsp3) is 0.500. The van der Waals surface area contributed by atoms with Crippen LogP contribution in [0.1, 0.15) is 26.7 Å². The zero-order valence-corrected chi connectivity index (χ0v) is 11.0. The molecule has 1 fully saturated rings. The molecule has 2 rings (SSSR count). The number of hydrogen-bond acceptors (Lipinski definition) is 2. The summed E-state index contributed by atoms with van der Waals surface area (Å²) in [4.78, 5) is 13.8. The van der Waals surface area contributed by atoms with Crippen molar-refractivity contribution in [2.75, 3.05) is 6.61 Å². The van der Waals surface area contributed by atoms with Crippen molar-refractivity contribution in [3.63, 3.8) is 0 Å². The van der Waals surface area contributed by atoms with E-state index in [1.54, 1.807) is 4.90 Å². The van der Waals surface area contributed by atoms with E-state index in [4.69, 9.17) is 4.74 Å². The second kappa shape index (κ2) is 5.55. The summed E-state index contributed by atoms with van der Waals surface area (Å²) in [5, 5.41) is 0. The van der Waals surface area contributed by atoms with Gasteiger partial charge >= 0.3 is 0 Å². The molecule has 1 aliphatic rings. The molecule has 1 aliphatic carbocycles. The Hall–Kier alpha value is -1.65. The number of amides is 1. The Balaban J connectivity index is 1.95. The highest BCUT2D eigenvalue weighted by Crippen LogP contribution is 2.28. The Morgan fingerprint density at radius 3 is 2.63 bits per heavy atom. The number of rotatable bonds is 5. The standard InChI is InChI=1S/C14H17F2NO2/c1-9(2)17(11-4-5-11)14(18)8-19-13-6-3-10(15)7-12(13)16/h3,6-7,9,11H,4-5,8H2,1-2H3. The van der Waals surface area contributed by atoms with E-state index in [-0.39, 0.29) is 30.3 Å². The van der Waals surface area contributed by atoms with E-state index in [0.29, 0.717) is 0 Å². The average Bonchev–Trinajstić information content (AvgIpc) is 3.12. The van der Waals surface area contributed by atoms with Crippen LogP contribution >= 0.6 is 0 Å². The van der Waals surface area contributed by atoms with E-state index < -0.39 is 11.6 Å². The Morgan fingerprint density at radius 1 is 1.42 bits per heavy atom. The van der Waals surface area contributed by atoms with Crippen molar-refractivity contribution in [1.29, 1.82) is 0 Å². The van der Waals surface area contributed by atoms with Gasteiger partial charge in [-0.05, 0) is 38.8 Å². The third-order valence-corrected chi connectivity index (χ3v) is 3.03. The van der Waals surface area contributed by atoms with Crippen LogP contribution in [0.4, 0.5) is 8.78 Å². The SMILES string of the molecule is CC(C)N(C(=O)COc1ccc(F)cc1F)C1CC1. The fourth-order valence-corrected chi connectivity index (χ4v) is 2.07. The maximum absolute atomic E-state index is 13.3. The molecule has 0 heterocycles. The van der Waals surface area contributed by atoms with Gasteiger partial charge in [0.1, 0.15) is 5.82 Å². The van der Waals surface area contributed by atoms with Gasteiger partial charge in [0.2, 0.25) is 0 Å². The van der Waals surface area contributed by atoms with Gasteiger partial charge in [-0.2, -0.15) is 0 Å². The highest BCUT2D eigenvalue weighted by atomic mass is 19.1. The zero-order chi connectivity index (χ0) is 14.0. The molecule has 0 radical (unpaired) electrons. The van der Waals surface area contributed by atoms with Crippen LogP contribution in [0, 0.1) is 11.6 Å². The molecule has 104 valence electrons. The molecule has 3 nitrogen and oxygen atoms in total. The van der Waals surface area contributed by atoms with E-state index >= 15 is 0 Å².